The first-order valence-corrected chi connectivity index (χ1v) is 3.79. The summed E-state index contributed by atoms with van der Waals surface area (Å²) in [6.07, 6.45) is 0. The third-order valence-corrected chi connectivity index (χ3v) is 0. The van der Waals surface area contributed by atoms with Gasteiger partial charge in [-0.15, -0.1) is 0 Å². The van der Waals surface area contributed by atoms with Crippen LogP contribution in [0, 0.1) is 20.5 Å². The van der Waals surface area contributed by atoms with E-state index in [0.29, 0.717) is 0 Å². The molecule has 0 radical (unpaired) electrons. The monoisotopic (exact) mass is 422 g/mol. The Morgan fingerprint density at radius 2 is 0.471 bits per heavy atom. The van der Waals surface area contributed by atoms with E-state index in [1.807, 2.05) is 0 Å². The van der Waals surface area contributed by atoms with Crippen molar-refractivity contribution in [1.82, 2.24) is 0 Å². The van der Waals surface area contributed by atoms with Crippen LogP contribution in [-0.4, -0.2) is 42.2 Å². The predicted molar refractivity (Wildman–Crippen MR) is 26.1 cm³/mol. The van der Waals surface area contributed by atoms with Crippen molar-refractivity contribution in [3.63, 3.8) is 0 Å². The molecule has 14 nitrogen and oxygen atoms in total. The molecule has 0 aliphatic heterocycles. The Hall–Kier alpha value is 0.942. The van der Waals surface area contributed by atoms with Crippen LogP contribution in [0.3, 0.4) is 0 Å². The van der Waals surface area contributed by atoms with Gasteiger partial charge >= 0.3 is 0 Å². The molecule has 17 heteroatoms. The molecule has 0 saturated heterocycles. The molecule has 0 heterocycles. The first-order valence-electron chi connectivity index (χ1n) is 1.26. The van der Waals surface area contributed by atoms with Gasteiger partial charge in [0.05, 0.1) is 29.8 Å². The number of hydrogen-bond donors (Lipinski definition) is 2. The Bertz CT molecular complexity index is 57.2. The smallest absolute Gasteiger partial charge is 0.0777 e. The van der Waals surface area contributed by atoms with E-state index in [2.05, 4.69) is 0 Å². The maximum absolute atomic E-state index is 8.60. The van der Waals surface area contributed by atoms with E-state index in [4.69, 9.17) is 37.3 Å². The van der Waals surface area contributed by atoms with Crippen molar-refractivity contribution in [3.8, 4) is 0 Å². The van der Waals surface area contributed by atoms with Gasteiger partial charge in [-0.1, -0.05) is 0 Å². The molecule has 0 aliphatic carbocycles. The Morgan fingerprint density at radius 3 is 0.471 bits per heavy atom. The van der Waals surface area contributed by atoms with E-state index in [1.54, 1.807) is 0 Å². The Morgan fingerprint density at radius 1 is 0.471 bits per heavy atom. The van der Waals surface area contributed by atoms with Crippen LogP contribution in [0.2, 0.25) is 0 Å². The van der Waals surface area contributed by atoms with Gasteiger partial charge in [-0.25, -0.2) is 0 Å². The molecule has 0 aromatic rings. The maximum atomic E-state index is 8.60. The Balaban J connectivity index is -0.00000000762. The van der Waals surface area contributed by atoms with E-state index in [1.165, 1.54) is 0 Å². The SMILES string of the molecule is O.O.O.O.O.O.[Cd].[O-][Cl+3]([O-])([O-])O.[O-][Cl+3]([O-])([O-])O. The normalized spacial score (nSPS) is 7.06. The van der Waals surface area contributed by atoms with Gasteiger partial charge in [-0.05, 0) is 0 Å². The molecule has 0 fully saturated rings. The molecule has 14 N–H and O–H groups in total. The van der Waals surface area contributed by atoms with Gasteiger partial charge < -0.3 is 32.9 Å². The molecule has 0 aromatic carbocycles. The zero-order valence-electron chi connectivity index (χ0n) is 7.81. The van der Waals surface area contributed by atoms with Gasteiger partial charge in [0.1, 0.15) is 0 Å². The van der Waals surface area contributed by atoms with E-state index in [9.17, 15) is 0 Å². The van der Waals surface area contributed by atoms with Crippen LogP contribution in [-0.2, 0) is 27.3 Å². The van der Waals surface area contributed by atoms with Crippen LogP contribution in [0.4, 0.5) is 0 Å². The quantitative estimate of drug-likeness (QED) is 0.352. The second kappa shape index (κ2) is 25.7. The Kier molecular flexibility index (Phi) is 97.4. The molecular weight excluding hydrogens is 407 g/mol. The van der Waals surface area contributed by atoms with E-state index in [-0.39, 0.29) is 60.2 Å². The molecule has 0 rings (SSSR count). The number of hydrogen-bond acceptors (Lipinski definition) is 8. The van der Waals surface area contributed by atoms with Crippen molar-refractivity contribution < 1.29 is 118 Å². The second-order valence-corrected chi connectivity index (χ2v) is 2.38. The van der Waals surface area contributed by atoms with Crippen molar-refractivity contribution in [2.45, 2.75) is 0 Å². The summed E-state index contributed by atoms with van der Waals surface area (Å²) in [6.45, 7) is 0. The number of rotatable bonds is 0. The van der Waals surface area contributed by atoms with Gasteiger partial charge in [-0.3, -0.25) is 0 Å². The molecule has 0 aromatic heterocycles. The van der Waals surface area contributed by atoms with Gasteiger partial charge in [-0.2, -0.15) is 28.0 Å². The maximum Gasteiger partial charge on any atom is 0.0777 e. The standard InChI is InChI=1S/Cd.2ClHO4.6H2O/c;2*2-1(3,4)5;;;;;;/h;2*(H,2,3,4,5);6*1H2. The minimum atomic E-state index is -4.69. The molecular formula is H14CdCl2O14. The van der Waals surface area contributed by atoms with Crippen molar-refractivity contribution in [2.24, 2.45) is 0 Å². The zero-order chi connectivity index (χ0) is 9.00. The van der Waals surface area contributed by atoms with Gasteiger partial charge in [0.2, 0.25) is 0 Å². The molecule has 0 saturated carbocycles. The van der Waals surface area contributed by atoms with Crippen LogP contribution < -0.4 is 28.0 Å². The summed E-state index contributed by atoms with van der Waals surface area (Å²) in [6, 6.07) is 0. The van der Waals surface area contributed by atoms with Crippen LogP contribution in [0.5, 0.6) is 0 Å². The average Bonchev–Trinajstić information content (AvgIpc) is 1.12. The van der Waals surface area contributed by atoms with E-state index >= 15 is 0 Å². The first kappa shape index (κ1) is 64.4. The van der Waals surface area contributed by atoms with Crippen LogP contribution in [0.15, 0.2) is 0 Å². The van der Waals surface area contributed by atoms with Crippen molar-refractivity contribution >= 4 is 0 Å². The molecule has 0 atom stereocenters. The zero-order valence-corrected chi connectivity index (χ0v) is 13.4. The van der Waals surface area contributed by atoms with Gasteiger partial charge in [0.25, 0.3) is 0 Å². The molecule has 17 heavy (non-hydrogen) atoms. The van der Waals surface area contributed by atoms with Crippen LogP contribution in [0.1, 0.15) is 0 Å². The van der Waals surface area contributed by atoms with Crippen LogP contribution in [0.25, 0.3) is 0 Å². The molecule has 0 aliphatic rings. The summed E-state index contributed by atoms with van der Waals surface area (Å²) in [7, 11) is -9.39. The average molecular weight is 421 g/mol. The minimum absolute atomic E-state index is 0. The van der Waals surface area contributed by atoms with E-state index in [0.717, 1.165) is 0 Å². The van der Waals surface area contributed by atoms with Crippen molar-refractivity contribution in [2.75, 3.05) is 0 Å². The topological polar surface area (TPSA) is 368 Å². The third-order valence-electron chi connectivity index (χ3n) is 0. The summed E-state index contributed by atoms with van der Waals surface area (Å²) in [5.74, 6) is 0. The number of halogens is 2. The van der Waals surface area contributed by atoms with Crippen LogP contribution >= 0.6 is 0 Å². The largest absolute Gasteiger partial charge is 0.412 e. The summed E-state index contributed by atoms with van der Waals surface area (Å²) >= 11 is 0. The van der Waals surface area contributed by atoms with E-state index < -0.39 is 20.5 Å². The summed E-state index contributed by atoms with van der Waals surface area (Å²) in [5.41, 5.74) is 0. The molecule has 0 bridgehead atoms. The van der Waals surface area contributed by atoms with Crippen molar-refractivity contribution in [1.29, 1.82) is 0 Å². The van der Waals surface area contributed by atoms with Gasteiger partial charge in [0, 0.05) is 27.3 Å². The van der Waals surface area contributed by atoms with Gasteiger partial charge in [0.15, 0.2) is 0 Å². The predicted octanol–water partition coefficient (Wildman–Crippen LogP) is -13.2. The molecule has 0 amide bonds. The summed E-state index contributed by atoms with van der Waals surface area (Å²) in [4.78, 5) is 0. The third kappa shape index (κ3) is 4260. The Labute approximate surface area is 118 Å². The molecule has 0 unspecified atom stereocenters. The molecule has 114 valence electrons. The minimum Gasteiger partial charge on any atom is -0.412 e. The first-order chi connectivity index (χ1) is 4.00. The van der Waals surface area contributed by atoms with Crippen molar-refractivity contribution in [3.05, 3.63) is 0 Å². The summed E-state index contributed by atoms with van der Waals surface area (Å²) in [5, 5.41) is 0. The summed E-state index contributed by atoms with van der Waals surface area (Å²) < 4.78 is 65.4. The fourth-order valence-corrected chi connectivity index (χ4v) is 0. The fourth-order valence-electron chi connectivity index (χ4n) is 0. The fraction of sp³-hybridized carbons (Fsp3) is 0. The second-order valence-electron chi connectivity index (χ2n) is 0.792. The molecule has 0 spiro atoms.